The summed E-state index contributed by atoms with van der Waals surface area (Å²) in [4.78, 5) is 34.2. The van der Waals surface area contributed by atoms with Crippen molar-refractivity contribution in [3.05, 3.63) is 41.0 Å². The number of thioether (sulfide) groups is 2. The Bertz CT molecular complexity index is 734. The second-order valence-corrected chi connectivity index (χ2v) is 8.18. The van der Waals surface area contributed by atoms with Gasteiger partial charge in [0.15, 0.2) is 0 Å². The van der Waals surface area contributed by atoms with E-state index in [4.69, 9.17) is 5.73 Å². The molecule has 0 saturated carbocycles. The van der Waals surface area contributed by atoms with Crippen molar-refractivity contribution in [1.29, 1.82) is 0 Å². The third-order valence-corrected chi connectivity index (χ3v) is 6.24. The van der Waals surface area contributed by atoms with Crippen LogP contribution in [0.25, 0.3) is 0 Å². The Hall–Kier alpha value is -1.75. The molecule has 0 spiro atoms. The number of carboxylic acid groups (broad SMARTS) is 1. The number of amides is 1. The highest BCUT2D eigenvalue weighted by atomic mass is 32.2. The predicted molar refractivity (Wildman–Crippen MR) is 102 cm³/mol. The summed E-state index contributed by atoms with van der Waals surface area (Å²) in [6.45, 7) is 1.62. The summed E-state index contributed by atoms with van der Waals surface area (Å²) in [5.41, 5.74) is 6.45. The van der Waals surface area contributed by atoms with E-state index in [9.17, 15) is 14.7 Å². The lowest BCUT2D eigenvalue weighted by molar-refractivity contribution is -0.147. The Morgan fingerprint density at radius 2 is 2.46 bits per heavy atom. The number of nitrogens with two attached hydrogens (primary N) is 1. The fourth-order valence-electron chi connectivity index (χ4n) is 2.79. The second-order valence-electron chi connectivity index (χ2n) is 6.06. The first kappa shape index (κ1) is 19.0. The van der Waals surface area contributed by atoms with Gasteiger partial charge in [-0.05, 0) is 24.1 Å². The number of rotatable bonds is 8. The molecular weight excluding hydrogens is 374 g/mol. The van der Waals surface area contributed by atoms with Crippen LogP contribution in [-0.2, 0) is 16.1 Å². The summed E-state index contributed by atoms with van der Waals surface area (Å²) in [6.07, 6.45) is 5.33. The molecule has 0 aromatic carbocycles. The number of imidazole rings is 1. The van der Waals surface area contributed by atoms with Crippen molar-refractivity contribution < 1.29 is 14.7 Å². The van der Waals surface area contributed by atoms with Gasteiger partial charge in [0, 0.05) is 30.4 Å². The molecule has 4 N–H and O–H groups in total. The van der Waals surface area contributed by atoms with Crippen LogP contribution < -0.4 is 5.73 Å². The van der Waals surface area contributed by atoms with E-state index in [-0.39, 0.29) is 17.0 Å². The average molecular weight is 396 g/mol. The average Bonchev–Trinajstić information content (AvgIpc) is 3.12. The number of carbonyl (C=O) groups excluding carboxylic acids is 1. The molecule has 3 heterocycles. The number of aliphatic carboxylic acids is 1. The molecule has 1 fully saturated rings. The van der Waals surface area contributed by atoms with Gasteiger partial charge in [-0.15, -0.1) is 23.5 Å². The van der Waals surface area contributed by atoms with Gasteiger partial charge >= 0.3 is 5.97 Å². The van der Waals surface area contributed by atoms with Crippen LogP contribution in [0, 0.1) is 0 Å². The van der Waals surface area contributed by atoms with Crippen molar-refractivity contribution in [2.45, 2.75) is 18.0 Å². The van der Waals surface area contributed by atoms with Crippen LogP contribution in [-0.4, -0.2) is 73.3 Å². The highest BCUT2D eigenvalue weighted by Gasteiger charge is 2.51. The molecule has 1 saturated heterocycles. The van der Waals surface area contributed by atoms with Crippen LogP contribution in [0.3, 0.4) is 0 Å². The summed E-state index contributed by atoms with van der Waals surface area (Å²) in [7, 11) is 2.02. The number of nitrogens with zero attached hydrogens (tertiary/aromatic N) is 3. The largest absolute Gasteiger partial charge is 0.477 e. The van der Waals surface area contributed by atoms with Crippen LogP contribution in [0.15, 0.2) is 35.1 Å². The van der Waals surface area contributed by atoms with Gasteiger partial charge in [-0.2, -0.15) is 0 Å². The minimum absolute atomic E-state index is 0.0623. The van der Waals surface area contributed by atoms with E-state index >= 15 is 0 Å². The van der Waals surface area contributed by atoms with Crippen molar-refractivity contribution in [3.63, 3.8) is 0 Å². The topological polar surface area (TPSA) is 116 Å². The number of fused-ring (bicyclic) bond motifs is 1. The number of H-pyrrole nitrogens is 1. The van der Waals surface area contributed by atoms with Crippen molar-refractivity contribution in [2.24, 2.45) is 5.73 Å². The maximum Gasteiger partial charge on any atom is 0.352 e. The molecule has 1 amide bonds. The summed E-state index contributed by atoms with van der Waals surface area (Å²) in [5.74, 6) is 0.929. The van der Waals surface area contributed by atoms with Crippen LogP contribution in [0.1, 0.15) is 5.82 Å². The molecule has 2 aliphatic rings. The number of hydrogen-bond acceptors (Lipinski definition) is 7. The zero-order valence-electron chi connectivity index (χ0n) is 14.3. The summed E-state index contributed by atoms with van der Waals surface area (Å²) in [5, 5.41) is 11.1. The summed E-state index contributed by atoms with van der Waals surface area (Å²) in [6, 6.07) is -0.598. The molecule has 1 aromatic heterocycles. The molecule has 10 heteroatoms. The number of hydrogen-bond donors (Lipinski definition) is 3. The molecule has 0 radical (unpaired) electrons. The number of β-lactam (4-membered cyclic amide) rings is 1. The van der Waals surface area contributed by atoms with Gasteiger partial charge in [-0.1, -0.05) is 0 Å². The fraction of sp³-hybridized carbons (Fsp3) is 0.438. The SMILES string of the molecule is CN(CCSC=CC1=C(C(=O)O)N2C(=O)[C@@H](N)[C@H]2SC1)Cc1ncc[nH]1. The van der Waals surface area contributed by atoms with E-state index in [1.807, 2.05) is 12.5 Å². The lowest BCUT2D eigenvalue weighted by atomic mass is 10.0. The Balaban J connectivity index is 1.52. The van der Waals surface area contributed by atoms with E-state index in [0.717, 1.165) is 24.7 Å². The number of aromatic amines is 1. The van der Waals surface area contributed by atoms with Crippen molar-refractivity contribution in [1.82, 2.24) is 19.8 Å². The first-order chi connectivity index (χ1) is 12.5. The highest BCUT2D eigenvalue weighted by molar-refractivity contribution is 8.02. The molecule has 1 aromatic rings. The van der Waals surface area contributed by atoms with Crippen LogP contribution in [0.5, 0.6) is 0 Å². The van der Waals surface area contributed by atoms with E-state index in [2.05, 4.69) is 14.9 Å². The van der Waals surface area contributed by atoms with Gasteiger partial charge < -0.3 is 15.8 Å². The van der Waals surface area contributed by atoms with Crippen molar-refractivity contribution in [3.8, 4) is 0 Å². The van der Waals surface area contributed by atoms with Gasteiger partial charge in [-0.3, -0.25) is 14.6 Å². The van der Waals surface area contributed by atoms with Crippen molar-refractivity contribution in [2.75, 3.05) is 25.1 Å². The number of carbonyl (C=O) groups is 2. The lowest BCUT2D eigenvalue weighted by Gasteiger charge is -2.47. The Morgan fingerprint density at radius 3 is 3.15 bits per heavy atom. The van der Waals surface area contributed by atoms with Crippen molar-refractivity contribution >= 4 is 35.4 Å². The standard InChI is InChI=1S/C16H21N5O3S2/c1-20(8-11-18-3-4-19-11)5-7-25-6-2-10-9-26-15-12(17)14(22)21(15)13(10)16(23)24/h2-4,6,12,15H,5,7-9,17H2,1H3,(H,18,19)(H,23,24)/t12-,15-/m1/s1. The molecule has 0 unspecified atom stereocenters. The molecular formula is C16H21N5O3S2. The molecule has 0 bridgehead atoms. The second kappa shape index (κ2) is 8.30. The molecule has 0 aliphatic carbocycles. The van der Waals surface area contributed by atoms with Gasteiger partial charge in [0.25, 0.3) is 0 Å². The van der Waals surface area contributed by atoms with Crippen LogP contribution >= 0.6 is 23.5 Å². The van der Waals surface area contributed by atoms with E-state index in [1.165, 1.54) is 16.7 Å². The smallest absolute Gasteiger partial charge is 0.352 e. The maximum absolute atomic E-state index is 11.9. The van der Waals surface area contributed by atoms with Gasteiger partial charge in [-0.25, -0.2) is 9.78 Å². The molecule has 2 aliphatic heterocycles. The predicted octanol–water partition coefficient (Wildman–Crippen LogP) is 0.670. The minimum Gasteiger partial charge on any atom is -0.477 e. The quantitative estimate of drug-likeness (QED) is 0.434. The Kier molecular flexibility index (Phi) is 6.07. The van der Waals surface area contributed by atoms with Gasteiger partial charge in [0.05, 0.1) is 6.54 Å². The fourth-order valence-corrected chi connectivity index (χ4v) is 4.87. The summed E-state index contributed by atoms with van der Waals surface area (Å²) < 4.78 is 0. The first-order valence-electron chi connectivity index (χ1n) is 8.10. The molecule has 140 valence electrons. The van der Waals surface area contributed by atoms with Gasteiger partial charge in [0.1, 0.15) is 22.9 Å². The monoisotopic (exact) mass is 395 g/mol. The van der Waals surface area contributed by atoms with E-state index in [0.29, 0.717) is 11.3 Å². The van der Waals surface area contributed by atoms with Crippen LogP contribution in [0.4, 0.5) is 0 Å². The Morgan fingerprint density at radius 1 is 1.65 bits per heavy atom. The minimum atomic E-state index is -1.08. The van der Waals surface area contributed by atoms with E-state index in [1.54, 1.807) is 30.2 Å². The zero-order chi connectivity index (χ0) is 18.7. The van der Waals surface area contributed by atoms with Crippen LogP contribution in [0.2, 0.25) is 0 Å². The highest BCUT2D eigenvalue weighted by Crippen LogP contribution is 2.39. The number of allylic oxidation sites excluding steroid dienone is 1. The lowest BCUT2D eigenvalue weighted by Crippen LogP contribution is -2.68. The number of nitrogens with one attached hydrogen (secondary N) is 1. The normalized spacial score (nSPS) is 22.9. The molecule has 3 rings (SSSR count). The third kappa shape index (κ3) is 3.98. The van der Waals surface area contributed by atoms with E-state index < -0.39 is 12.0 Å². The third-order valence-electron chi connectivity index (χ3n) is 4.17. The maximum atomic E-state index is 11.9. The zero-order valence-corrected chi connectivity index (χ0v) is 15.9. The summed E-state index contributed by atoms with van der Waals surface area (Å²) >= 11 is 3.11. The van der Waals surface area contributed by atoms with Gasteiger partial charge in [0.2, 0.25) is 5.91 Å². The molecule has 26 heavy (non-hydrogen) atoms. The first-order valence-corrected chi connectivity index (χ1v) is 10.2. The molecule has 2 atom stereocenters. The molecule has 8 nitrogen and oxygen atoms in total. The number of carboxylic acids is 1. The Labute approximate surface area is 159 Å². The number of aromatic nitrogens is 2.